The van der Waals surface area contributed by atoms with Crippen LogP contribution in [0.5, 0.6) is 11.5 Å². The van der Waals surface area contributed by atoms with E-state index in [1.165, 1.54) is 0 Å². The predicted molar refractivity (Wildman–Crippen MR) is 81.1 cm³/mol. The molecule has 19 heavy (non-hydrogen) atoms. The van der Waals surface area contributed by atoms with Crippen molar-refractivity contribution in [2.45, 2.75) is 27.7 Å². The minimum absolute atomic E-state index is 0.262. The molecule has 4 heteroatoms. The Morgan fingerprint density at radius 1 is 1.16 bits per heavy atom. The topological polar surface area (TPSA) is 56.5 Å². The Morgan fingerprint density at radius 3 is 2.16 bits per heavy atom. The minimum Gasteiger partial charge on any atom is -0.493 e. The van der Waals surface area contributed by atoms with Gasteiger partial charge in [-0.3, -0.25) is 0 Å². The molecule has 1 aromatic rings. The number of rotatable bonds is 5. The number of methoxy groups -OCH3 is 2. The van der Waals surface area contributed by atoms with Gasteiger partial charge in [-0.2, -0.15) is 0 Å². The second-order valence-corrected chi connectivity index (χ2v) is 5.94. The van der Waals surface area contributed by atoms with Crippen molar-refractivity contribution in [2.75, 3.05) is 31.8 Å². The number of nitrogen functional groups attached to an aromatic ring is 1. The van der Waals surface area contributed by atoms with Crippen molar-refractivity contribution in [3.05, 3.63) is 12.1 Å². The Morgan fingerprint density at radius 2 is 1.68 bits per heavy atom. The zero-order chi connectivity index (χ0) is 14.6. The largest absolute Gasteiger partial charge is 0.493 e. The first-order valence-corrected chi connectivity index (χ1v) is 6.55. The highest BCUT2D eigenvalue weighted by Crippen LogP contribution is 2.35. The fourth-order valence-electron chi connectivity index (χ4n) is 1.62. The predicted octanol–water partition coefficient (Wildman–Crippen LogP) is 3.38. The van der Waals surface area contributed by atoms with E-state index in [-0.39, 0.29) is 5.41 Å². The summed E-state index contributed by atoms with van der Waals surface area (Å²) in [6, 6.07) is 3.66. The number of nitrogens with two attached hydrogens (primary N) is 1. The Labute approximate surface area is 116 Å². The molecule has 0 saturated heterocycles. The highest BCUT2D eigenvalue weighted by Gasteiger charge is 2.20. The summed E-state index contributed by atoms with van der Waals surface area (Å²) in [7, 11) is 3.22. The molecule has 0 fully saturated rings. The first-order chi connectivity index (χ1) is 8.79. The quantitative estimate of drug-likeness (QED) is 0.802. The van der Waals surface area contributed by atoms with Gasteiger partial charge in [0.25, 0.3) is 0 Å². The molecule has 0 bridgehead atoms. The molecule has 0 amide bonds. The van der Waals surface area contributed by atoms with Crippen LogP contribution >= 0.6 is 0 Å². The zero-order valence-electron chi connectivity index (χ0n) is 12.8. The molecular weight excluding hydrogens is 240 g/mol. The first kappa shape index (κ1) is 15.5. The molecule has 4 nitrogen and oxygen atoms in total. The SMILES string of the molecule is COc1cc(N)c(NCC(C)C(C)(C)C)cc1OC. The van der Waals surface area contributed by atoms with E-state index in [1.54, 1.807) is 20.3 Å². The minimum atomic E-state index is 0.262. The Kier molecular flexibility index (Phi) is 4.92. The maximum Gasteiger partial charge on any atom is 0.162 e. The van der Waals surface area contributed by atoms with E-state index in [9.17, 15) is 0 Å². The van der Waals surface area contributed by atoms with Crippen LogP contribution in [0.25, 0.3) is 0 Å². The molecule has 0 saturated carbocycles. The summed E-state index contributed by atoms with van der Waals surface area (Å²) in [6.07, 6.45) is 0. The van der Waals surface area contributed by atoms with Gasteiger partial charge >= 0.3 is 0 Å². The van der Waals surface area contributed by atoms with E-state index < -0.39 is 0 Å². The van der Waals surface area contributed by atoms with E-state index in [0.29, 0.717) is 23.1 Å². The lowest BCUT2D eigenvalue weighted by Gasteiger charge is -2.28. The lowest BCUT2D eigenvalue weighted by Crippen LogP contribution is -2.25. The molecule has 3 N–H and O–H groups in total. The Hall–Kier alpha value is -1.58. The van der Waals surface area contributed by atoms with Crippen LogP contribution in [0.1, 0.15) is 27.7 Å². The van der Waals surface area contributed by atoms with Crippen LogP contribution in [-0.4, -0.2) is 20.8 Å². The average Bonchev–Trinajstić information content (AvgIpc) is 2.35. The third-order valence-electron chi connectivity index (χ3n) is 3.63. The molecule has 0 aromatic heterocycles. The second kappa shape index (κ2) is 6.04. The van der Waals surface area contributed by atoms with Crippen LogP contribution in [0, 0.1) is 11.3 Å². The maximum absolute atomic E-state index is 6.02. The Bertz CT molecular complexity index is 425. The summed E-state index contributed by atoms with van der Waals surface area (Å²) in [4.78, 5) is 0. The van der Waals surface area contributed by atoms with Crippen molar-refractivity contribution in [1.82, 2.24) is 0 Å². The standard InChI is InChI=1S/C15H26N2O2/c1-10(15(2,3)4)9-17-12-8-14(19-6)13(18-5)7-11(12)16/h7-8,10,17H,9,16H2,1-6H3. The van der Waals surface area contributed by atoms with E-state index in [1.807, 2.05) is 6.07 Å². The van der Waals surface area contributed by atoms with E-state index in [0.717, 1.165) is 12.2 Å². The molecule has 0 aliphatic rings. The van der Waals surface area contributed by atoms with Crippen LogP contribution in [0.3, 0.4) is 0 Å². The van der Waals surface area contributed by atoms with E-state index >= 15 is 0 Å². The number of nitrogens with one attached hydrogen (secondary N) is 1. The monoisotopic (exact) mass is 266 g/mol. The van der Waals surface area contributed by atoms with Gasteiger partial charge in [-0.1, -0.05) is 27.7 Å². The molecule has 0 aliphatic heterocycles. The molecule has 1 rings (SSSR count). The van der Waals surface area contributed by atoms with Crippen LogP contribution in [0.2, 0.25) is 0 Å². The third kappa shape index (κ3) is 3.94. The van der Waals surface area contributed by atoms with Crippen LogP contribution < -0.4 is 20.5 Å². The van der Waals surface area contributed by atoms with Gasteiger partial charge in [0.1, 0.15) is 0 Å². The fraction of sp³-hybridized carbons (Fsp3) is 0.600. The number of hydrogen-bond donors (Lipinski definition) is 2. The highest BCUT2D eigenvalue weighted by molar-refractivity contribution is 5.72. The average molecular weight is 266 g/mol. The van der Waals surface area contributed by atoms with Gasteiger partial charge in [-0.15, -0.1) is 0 Å². The first-order valence-electron chi connectivity index (χ1n) is 6.55. The van der Waals surface area contributed by atoms with Crippen molar-refractivity contribution in [2.24, 2.45) is 11.3 Å². The Balaban J connectivity index is 2.84. The molecule has 1 aromatic carbocycles. The maximum atomic E-state index is 6.02. The summed E-state index contributed by atoms with van der Waals surface area (Å²) < 4.78 is 10.5. The van der Waals surface area contributed by atoms with Crippen molar-refractivity contribution in [1.29, 1.82) is 0 Å². The summed E-state index contributed by atoms with van der Waals surface area (Å²) in [5, 5.41) is 3.38. The van der Waals surface area contributed by atoms with Gasteiger partial charge in [0.2, 0.25) is 0 Å². The zero-order valence-corrected chi connectivity index (χ0v) is 12.8. The lowest BCUT2D eigenvalue weighted by molar-refractivity contribution is 0.274. The molecule has 1 unspecified atom stereocenters. The van der Waals surface area contributed by atoms with Crippen LogP contribution in [0.4, 0.5) is 11.4 Å². The normalized spacial score (nSPS) is 12.9. The van der Waals surface area contributed by atoms with Gasteiger partial charge in [-0.25, -0.2) is 0 Å². The highest BCUT2D eigenvalue weighted by atomic mass is 16.5. The summed E-state index contributed by atoms with van der Waals surface area (Å²) in [5.41, 5.74) is 7.83. The summed E-state index contributed by atoms with van der Waals surface area (Å²) in [6.45, 7) is 9.79. The van der Waals surface area contributed by atoms with Crippen molar-refractivity contribution < 1.29 is 9.47 Å². The van der Waals surface area contributed by atoms with Crippen molar-refractivity contribution >= 4 is 11.4 Å². The van der Waals surface area contributed by atoms with E-state index in [2.05, 4.69) is 33.0 Å². The number of benzene rings is 1. The molecule has 1 atom stereocenters. The third-order valence-corrected chi connectivity index (χ3v) is 3.63. The van der Waals surface area contributed by atoms with Gasteiger partial charge in [0, 0.05) is 18.7 Å². The van der Waals surface area contributed by atoms with Crippen LogP contribution in [-0.2, 0) is 0 Å². The van der Waals surface area contributed by atoms with Gasteiger partial charge in [-0.05, 0) is 11.3 Å². The van der Waals surface area contributed by atoms with Crippen LogP contribution in [0.15, 0.2) is 12.1 Å². The van der Waals surface area contributed by atoms with E-state index in [4.69, 9.17) is 15.2 Å². The molecular formula is C15H26N2O2. The number of ether oxygens (including phenoxy) is 2. The summed E-state index contributed by atoms with van der Waals surface area (Å²) >= 11 is 0. The second-order valence-electron chi connectivity index (χ2n) is 5.94. The number of anilines is 2. The van der Waals surface area contributed by atoms with Gasteiger partial charge in [0.15, 0.2) is 11.5 Å². The molecule has 0 aliphatic carbocycles. The summed E-state index contributed by atoms with van der Waals surface area (Å²) in [5.74, 6) is 1.86. The molecule has 108 valence electrons. The van der Waals surface area contributed by atoms with Crippen molar-refractivity contribution in [3.8, 4) is 11.5 Å². The van der Waals surface area contributed by atoms with Crippen molar-refractivity contribution in [3.63, 3.8) is 0 Å². The lowest BCUT2D eigenvalue weighted by atomic mass is 9.82. The molecule has 0 radical (unpaired) electrons. The smallest absolute Gasteiger partial charge is 0.162 e. The number of hydrogen-bond acceptors (Lipinski definition) is 4. The van der Waals surface area contributed by atoms with Gasteiger partial charge < -0.3 is 20.5 Å². The molecule has 0 heterocycles. The molecule has 0 spiro atoms. The fourth-order valence-corrected chi connectivity index (χ4v) is 1.62. The van der Waals surface area contributed by atoms with Gasteiger partial charge in [0.05, 0.1) is 25.6 Å².